The van der Waals surface area contributed by atoms with Gasteiger partial charge in [0.05, 0.1) is 17.7 Å². The molecule has 0 saturated heterocycles. The van der Waals surface area contributed by atoms with Gasteiger partial charge in [0.25, 0.3) is 0 Å². The highest BCUT2D eigenvalue weighted by atomic mass is 19.4. The number of aromatic carboxylic acids is 1. The molecule has 6 heteroatoms. The third-order valence-corrected chi connectivity index (χ3v) is 1.83. The van der Waals surface area contributed by atoms with Gasteiger partial charge in [-0.1, -0.05) is 0 Å². The Kier molecular flexibility index (Phi) is 3.41. The van der Waals surface area contributed by atoms with Crippen molar-refractivity contribution < 1.29 is 27.8 Å². The first-order chi connectivity index (χ1) is 7.36. The van der Waals surface area contributed by atoms with E-state index in [1.54, 1.807) is 0 Å². The maximum Gasteiger partial charge on any atom is 0.419 e. The fraction of sp³-hybridized carbons (Fsp3) is 0.300. The minimum Gasteiger partial charge on any atom is -0.493 e. The molecule has 0 saturated carbocycles. The van der Waals surface area contributed by atoms with E-state index in [1.807, 2.05) is 0 Å². The third-order valence-electron chi connectivity index (χ3n) is 1.83. The van der Waals surface area contributed by atoms with Crippen molar-refractivity contribution in [3.05, 3.63) is 29.3 Å². The van der Waals surface area contributed by atoms with E-state index < -0.39 is 23.5 Å². The second kappa shape index (κ2) is 4.42. The van der Waals surface area contributed by atoms with E-state index in [0.717, 1.165) is 12.1 Å². The van der Waals surface area contributed by atoms with Crippen molar-refractivity contribution in [1.82, 2.24) is 0 Å². The summed E-state index contributed by atoms with van der Waals surface area (Å²) >= 11 is 0. The summed E-state index contributed by atoms with van der Waals surface area (Å²) in [5.41, 5.74) is -1.21. The van der Waals surface area contributed by atoms with Crippen molar-refractivity contribution in [2.24, 2.45) is 0 Å². The molecule has 1 N–H and O–H groups in total. The van der Waals surface area contributed by atoms with Crippen LogP contribution < -0.4 is 4.74 Å². The molecular weight excluding hydrogens is 225 g/mol. The monoisotopic (exact) mass is 234 g/mol. The minimum absolute atomic E-state index is 0.0339. The number of carbonyl (C=O) groups is 1. The molecule has 0 aliphatic heterocycles. The van der Waals surface area contributed by atoms with Crippen LogP contribution in [0.5, 0.6) is 5.75 Å². The zero-order chi connectivity index (χ0) is 12.3. The van der Waals surface area contributed by atoms with Gasteiger partial charge in [-0.05, 0) is 25.1 Å². The van der Waals surface area contributed by atoms with Crippen LogP contribution in [0.4, 0.5) is 13.2 Å². The van der Waals surface area contributed by atoms with Crippen LogP contribution in [0.1, 0.15) is 22.8 Å². The van der Waals surface area contributed by atoms with Gasteiger partial charge in [-0.2, -0.15) is 13.2 Å². The van der Waals surface area contributed by atoms with Gasteiger partial charge in [0.2, 0.25) is 0 Å². The molecule has 0 aliphatic rings. The molecule has 0 bridgehead atoms. The summed E-state index contributed by atoms with van der Waals surface area (Å²) in [7, 11) is 0. The predicted molar refractivity (Wildman–Crippen MR) is 49.6 cm³/mol. The second-order valence-corrected chi connectivity index (χ2v) is 2.95. The van der Waals surface area contributed by atoms with E-state index in [4.69, 9.17) is 9.84 Å². The van der Waals surface area contributed by atoms with Crippen molar-refractivity contribution in [2.45, 2.75) is 13.1 Å². The molecule has 1 aromatic carbocycles. The number of rotatable bonds is 3. The topological polar surface area (TPSA) is 46.5 Å². The molecule has 0 fully saturated rings. The number of hydrogen-bond donors (Lipinski definition) is 1. The summed E-state index contributed by atoms with van der Waals surface area (Å²) in [5.74, 6) is -1.76. The summed E-state index contributed by atoms with van der Waals surface area (Å²) in [6, 6.07) is 2.47. The van der Waals surface area contributed by atoms with Crippen molar-refractivity contribution in [3.63, 3.8) is 0 Å². The minimum atomic E-state index is -4.55. The molecule has 3 nitrogen and oxygen atoms in total. The van der Waals surface area contributed by atoms with Crippen molar-refractivity contribution in [3.8, 4) is 5.75 Å². The van der Waals surface area contributed by atoms with Crippen LogP contribution in [-0.2, 0) is 6.18 Å². The van der Waals surface area contributed by atoms with Gasteiger partial charge in [-0.3, -0.25) is 0 Å². The normalized spacial score (nSPS) is 11.2. The standard InChI is InChI=1S/C10H9F3O3/c1-2-16-8-5-6(9(14)15)3-4-7(8)10(11,12)13/h3-5H,2H2,1H3,(H,14,15). The van der Waals surface area contributed by atoms with Gasteiger partial charge in [0, 0.05) is 0 Å². The Hall–Kier alpha value is -1.72. The SMILES string of the molecule is CCOc1cc(C(=O)O)ccc1C(F)(F)F. The van der Waals surface area contributed by atoms with Gasteiger partial charge in [0.15, 0.2) is 0 Å². The molecule has 0 amide bonds. The zero-order valence-corrected chi connectivity index (χ0v) is 8.34. The molecule has 16 heavy (non-hydrogen) atoms. The Bertz CT molecular complexity index is 399. The smallest absolute Gasteiger partial charge is 0.419 e. The molecule has 0 spiro atoms. The van der Waals surface area contributed by atoms with E-state index in [9.17, 15) is 18.0 Å². The summed E-state index contributed by atoms with van der Waals surface area (Å²) in [4.78, 5) is 10.6. The first-order valence-electron chi connectivity index (χ1n) is 4.43. The van der Waals surface area contributed by atoms with Crippen LogP contribution >= 0.6 is 0 Å². The third kappa shape index (κ3) is 2.65. The molecule has 88 valence electrons. The number of hydrogen-bond acceptors (Lipinski definition) is 2. The van der Waals surface area contributed by atoms with Gasteiger partial charge >= 0.3 is 12.1 Å². The number of ether oxygens (including phenoxy) is 1. The lowest BCUT2D eigenvalue weighted by Crippen LogP contribution is -2.10. The maximum absolute atomic E-state index is 12.5. The molecule has 0 unspecified atom stereocenters. The number of halogens is 3. The highest BCUT2D eigenvalue weighted by molar-refractivity contribution is 5.88. The first kappa shape index (κ1) is 12.4. The number of carboxylic acids is 1. The average Bonchev–Trinajstić information content (AvgIpc) is 2.16. The molecule has 0 heterocycles. The fourth-order valence-corrected chi connectivity index (χ4v) is 1.16. The first-order valence-corrected chi connectivity index (χ1v) is 4.43. The lowest BCUT2D eigenvalue weighted by atomic mass is 10.1. The van der Waals surface area contributed by atoms with Gasteiger partial charge < -0.3 is 9.84 Å². The molecular formula is C10H9F3O3. The summed E-state index contributed by atoms with van der Waals surface area (Å²) in [6.45, 7) is 1.56. The molecule has 1 rings (SSSR count). The maximum atomic E-state index is 12.5. The fourth-order valence-electron chi connectivity index (χ4n) is 1.16. The highest BCUT2D eigenvalue weighted by Crippen LogP contribution is 2.36. The Morgan fingerprint density at radius 1 is 1.44 bits per heavy atom. The van der Waals surface area contributed by atoms with E-state index in [-0.39, 0.29) is 12.2 Å². The van der Waals surface area contributed by atoms with E-state index >= 15 is 0 Å². The number of alkyl halides is 3. The molecule has 1 aromatic rings. The van der Waals surface area contributed by atoms with E-state index in [0.29, 0.717) is 6.07 Å². The van der Waals surface area contributed by atoms with Gasteiger partial charge in [-0.25, -0.2) is 4.79 Å². The van der Waals surface area contributed by atoms with Gasteiger partial charge in [-0.15, -0.1) is 0 Å². The van der Waals surface area contributed by atoms with E-state index in [1.165, 1.54) is 6.92 Å². The Labute approximate surface area is 89.5 Å². The highest BCUT2D eigenvalue weighted by Gasteiger charge is 2.34. The van der Waals surface area contributed by atoms with E-state index in [2.05, 4.69) is 0 Å². The number of benzene rings is 1. The van der Waals surface area contributed by atoms with Crippen molar-refractivity contribution in [2.75, 3.05) is 6.61 Å². The zero-order valence-electron chi connectivity index (χ0n) is 8.34. The van der Waals surface area contributed by atoms with Crippen LogP contribution in [0.25, 0.3) is 0 Å². The van der Waals surface area contributed by atoms with Crippen LogP contribution in [0, 0.1) is 0 Å². The van der Waals surface area contributed by atoms with Gasteiger partial charge in [0.1, 0.15) is 5.75 Å². The largest absolute Gasteiger partial charge is 0.493 e. The summed E-state index contributed by atoms with van der Waals surface area (Å²) < 4.78 is 42.2. The molecule has 0 aliphatic carbocycles. The molecule has 0 radical (unpaired) electrons. The van der Waals surface area contributed by atoms with Crippen LogP contribution in [0.2, 0.25) is 0 Å². The van der Waals surface area contributed by atoms with Crippen molar-refractivity contribution >= 4 is 5.97 Å². The second-order valence-electron chi connectivity index (χ2n) is 2.95. The lowest BCUT2D eigenvalue weighted by Gasteiger charge is -2.13. The Morgan fingerprint density at radius 2 is 2.06 bits per heavy atom. The van der Waals surface area contributed by atoms with Crippen LogP contribution in [0.15, 0.2) is 18.2 Å². The molecule has 0 aromatic heterocycles. The number of carboxylic acid groups (broad SMARTS) is 1. The Balaban J connectivity index is 3.24. The quantitative estimate of drug-likeness (QED) is 0.874. The van der Waals surface area contributed by atoms with Crippen LogP contribution in [0.3, 0.4) is 0 Å². The lowest BCUT2D eigenvalue weighted by molar-refractivity contribution is -0.138. The summed E-state index contributed by atoms with van der Waals surface area (Å²) in [6.07, 6.45) is -4.55. The Morgan fingerprint density at radius 3 is 2.50 bits per heavy atom. The predicted octanol–water partition coefficient (Wildman–Crippen LogP) is 2.80. The molecule has 0 atom stereocenters. The van der Waals surface area contributed by atoms with Crippen LogP contribution in [-0.4, -0.2) is 17.7 Å². The summed E-state index contributed by atoms with van der Waals surface area (Å²) in [5, 5.41) is 8.63. The van der Waals surface area contributed by atoms with Crippen molar-refractivity contribution in [1.29, 1.82) is 0 Å². The average molecular weight is 234 g/mol.